The van der Waals surface area contributed by atoms with Gasteiger partial charge in [0.15, 0.2) is 0 Å². The van der Waals surface area contributed by atoms with E-state index in [0.717, 1.165) is 22.6 Å². The van der Waals surface area contributed by atoms with Crippen LogP contribution in [0.1, 0.15) is 22.2 Å². The summed E-state index contributed by atoms with van der Waals surface area (Å²) in [5.74, 6) is 0.479. The van der Waals surface area contributed by atoms with E-state index in [9.17, 15) is 4.79 Å². The molecule has 0 radical (unpaired) electrons. The van der Waals surface area contributed by atoms with Gasteiger partial charge in [0.25, 0.3) is 0 Å². The second-order valence-electron chi connectivity index (χ2n) is 3.82. The number of carbonyl (C=O) groups is 1. The second-order valence-corrected chi connectivity index (χ2v) is 4.73. The highest BCUT2D eigenvalue weighted by Gasteiger charge is 2.07. The fourth-order valence-electron chi connectivity index (χ4n) is 1.52. The minimum Gasteiger partial charge on any atom is -0.494 e. The molecule has 0 saturated carbocycles. The molecule has 0 saturated heterocycles. The van der Waals surface area contributed by atoms with Crippen LogP contribution in [0, 0.1) is 0 Å². The van der Waals surface area contributed by atoms with Crippen molar-refractivity contribution in [1.29, 1.82) is 0 Å². The molecule has 0 atom stereocenters. The maximum absolute atomic E-state index is 10.7. The predicted octanol–water partition coefficient (Wildman–Crippen LogP) is 3.42. The summed E-state index contributed by atoms with van der Waals surface area (Å²) in [5.41, 5.74) is 1.01. The molecular weight excluding hydrogens is 264 g/mol. The van der Waals surface area contributed by atoms with Crippen molar-refractivity contribution in [1.82, 2.24) is 0 Å². The maximum atomic E-state index is 10.7. The first-order chi connectivity index (χ1) is 9.19. The molecule has 19 heavy (non-hydrogen) atoms. The lowest BCUT2D eigenvalue weighted by Crippen LogP contribution is -1.96. The van der Waals surface area contributed by atoms with Crippen molar-refractivity contribution in [3.05, 3.63) is 46.2 Å². The van der Waals surface area contributed by atoms with Crippen molar-refractivity contribution < 1.29 is 19.4 Å². The maximum Gasteiger partial charge on any atom is 0.346 e. The molecule has 0 amide bonds. The number of benzene rings is 1. The lowest BCUT2D eigenvalue weighted by atomic mass is 10.2. The Labute approximate surface area is 115 Å². The molecule has 0 aliphatic heterocycles. The summed E-state index contributed by atoms with van der Waals surface area (Å²) in [5, 5.41) is 10.5. The minimum atomic E-state index is -0.930. The Balaban J connectivity index is 1.92. The van der Waals surface area contributed by atoms with E-state index >= 15 is 0 Å². The van der Waals surface area contributed by atoms with Crippen molar-refractivity contribution in [2.45, 2.75) is 13.5 Å². The second kappa shape index (κ2) is 6.24. The molecule has 2 rings (SSSR count). The number of ether oxygens (including phenoxy) is 2. The number of hydrogen-bond acceptors (Lipinski definition) is 4. The molecule has 0 aliphatic carbocycles. The zero-order valence-corrected chi connectivity index (χ0v) is 11.3. The number of thiophene rings is 1. The van der Waals surface area contributed by atoms with Crippen LogP contribution in [-0.4, -0.2) is 17.7 Å². The Morgan fingerprint density at radius 3 is 2.53 bits per heavy atom. The molecule has 0 aliphatic rings. The van der Waals surface area contributed by atoms with Crippen LogP contribution in [0.4, 0.5) is 0 Å². The van der Waals surface area contributed by atoms with E-state index < -0.39 is 5.97 Å². The van der Waals surface area contributed by atoms with E-state index in [-0.39, 0.29) is 4.88 Å². The van der Waals surface area contributed by atoms with Crippen LogP contribution >= 0.6 is 11.3 Å². The molecule has 100 valence electrons. The van der Waals surface area contributed by atoms with Crippen molar-refractivity contribution >= 4 is 17.3 Å². The fraction of sp³-hybridized carbons (Fsp3) is 0.214. The minimum absolute atomic E-state index is 0.279. The molecule has 0 spiro atoms. The van der Waals surface area contributed by atoms with E-state index in [4.69, 9.17) is 14.6 Å². The van der Waals surface area contributed by atoms with Gasteiger partial charge in [0.2, 0.25) is 0 Å². The third-order valence-corrected chi connectivity index (χ3v) is 3.32. The SMILES string of the molecule is CCOc1ccc(COc2csc(C(=O)O)c2)cc1. The third kappa shape index (κ3) is 3.72. The molecule has 0 bridgehead atoms. The lowest BCUT2D eigenvalue weighted by Gasteiger charge is -2.06. The Bertz CT molecular complexity index is 545. The Morgan fingerprint density at radius 1 is 1.21 bits per heavy atom. The van der Waals surface area contributed by atoms with Crippen LogP contribution in [0.3, 0.4) is 0 Å². The molecule has 2 aromatic rings. The van der Waals surface area contributed by atoms with Crippen molar-refractivity contribution in [3.63, 3.8) is 0 Å². The van der Waals surface area contributed by atoms with Gasteiger partial charge in [0.05, 0.1) is 6.61 Å². The number of carboxylic acids is 1. The van der Waals surface area contributed by atoms with Gasteiger partial charge in [-0.1, -0.05) is 12.1 Å². The molecule has 1 aromatic carbocycles. The molecule has 1 N–H and O–H groups in total. The van der Waals surface area contributed by atoms with Gasteiger partial charge in [-0.2, -0.15) is 0 Å². The zero-order chi connectivity index (χ0) is 13.7. The van der Waals surface area contributed by atoms with E-state index in [1.54, 1.807) is 5.38 Å². The molecule has 4 nitrogen and oxygen atoms in total. The summed E-state index contributed by atoms with van der Waals surface area (Å²) in [4.78, 5) is 11.0. The van der Waals surface area contributed by atoms with Crippen LogP contribution in [0.25, 0.3) is 0 Å². The van der Waals surface area contributed by atoms with Gasteiger partial charge in [-0.3, -0.25) is 0 Å². The van der Waals surface area contributed by atoms with Gasteiger partial charge >= 0.3 is 5.97 Å². The summed E-state index contributed by atoms with van der Waals surface area (Å²) in [6, 6.07) is 9.16. The van der Waals surface area contributed by atoms with Crippen molar-refractivity contribution in [3.8, 4) is 11.5 Å². The largest absolute Gasteiger partial charge is 0.494 e. The highest BCUT2D eigenvalue weighted by molar-refractivity contribution is 7.12. The first-order valence-electron chi connectivity index (χ1n) is 5.85. The number of hydrogen-bond donors (Lipinski definition) is 1. The van der Waals surface area contributed by atoms with E-state index in [1.807, 2.05) is 31.2 Å². The summed E-state index contributed by atoms with van der Waals surface area (Å²) < 4.78 is 10.9. The van der Waals surface area contributed by atoms with Crippen LogP contribution in [0.5, 0.6) is 11.5 Å². The lowest BCUT2D eigenvalue weighted by molar-refractivity contribution is 0.0702. The molecular formula is C14H14O4S. The third-order valence-electron chi connectivity index (χ3n) is 2.43. The molecule has 0 fully saturated rings. The summed E-state index contributed by atoms with van der Waals surface area (Å²) in [6.45, 7) is 2.98. The Morgan fingerprint density at radius 2 is 1.95 bits per heavy atom. The van der Waals surface area contributed by atoms with Crippen LogP contribution in [0.15, 0.2) is 35.7 Å². The molecule has 5 heteroatoms. The summed E-state index contributed by atoms with van der Waals surface area (Å²) in [7, 11) is 0. The normalized spacial score (nSPS) is 10.2. The quantitative estimate of drug-likeness (QED) is 0.879. The smallest absolute Gasteiger partial charge is 0.346 e. The van der Waals surface area contributed by atoms with Crippen molar-refractivity contribution in [2.75, 3.05) is 6.61 Å². The predicted molar refractivity (Wildman–Crippen MR) is 73.2 cm³/mol. The van der Waals surface area contributed by atoms with Gasteiger partial charge in [-0.25, -0.2) is 4.79 Å². The van der Waals surface area contributed by atoms with Gasteiger partial charge in [-0.15, -0.1) is 11.3 Å². The highest BCUT2D eigenvalue weighted by atomic mass is 32.1. The van der Waals surface area contributed by atoms with E-state index in [0.29, 0.717) is 19.0 Å². The van der Waals surface area contributed by atoms with Crippen LogP contribution in [-0.2, 0) is 6.61 Å². The first-order valence-corrected chi connectivity index (χ1v) is 6.73. The molecule has 1 heterocycles. The number of aromatic carboxylic acids is 1. The van der Waals surface area contributed by atoms with Gasteiger partial charge < -0.3 is 14.6 Å². The van der Waals surface area contributed by atoms with Crippen LogP contribution < -0.4 is 9.47 Å². The highest BCUT2D eigenvalue weighted by Crippen LogP contribution is 2.22. The number of rotatable bonds is 6. The average molecular weight is 278 g/mol. The topological polar surface area (TPSA) is 55.8 Å². The Kier molecular flexibility index (Phi) is 4.41. The summed E-state index contributed by atoms with van der Waals surface area (Å²) in [6.07, 6.45) is 0. The van der Waals surface area contributed by atoms with Gasteiger partial charge in [-0.05, 0) is 24.6 Å². The van der Waals surface area contributed by atoms with Crippen LogP contribution in [0.2, 0.25) is 0 Å². The fourth-order valence-corrected chi connectivity index (χ4v) is 2.19. The zero-order valence-electron chi connectivity index (χ0n) is 10.5. The monoisotopic (exact) mass is 278 g/mol. The first kappa shape index (κ1) is 13.4. The van der Waals surface area contributed by atoms with E-state index in [1.165, 1.54) is 6.07 Å². The van der Waals surface area contributed by atoms with Gasteiger partial charge in [0.1, 0.15) is 23.0 Å². The summed E-state index contributed by atoms with van der Waals surface area (Å²) >= 11 is 1.16. The molecule has 0 unspecified atom stereocenters. The Hall–Kier alpha value is -2.01. The van der Waals surface area contributed by atoms with E-state index in [2.05, 4.69) is 0 Å². The number of carboxylic acid groups (broad SMARTS) is 1. The average Bonchev–Trinajstić information content (AvgIpc) is 2.87. The molecule has 1 aromatic heterocycles. The standard InChI is InChI=1S/C14H14O4S/c1-2-17-11-5-3-10(4-6-11)8-18-12-7-13(14(15)16)19-9-12/h3-7,9H,2,8H2,1H3,(H,15,16). The van der Waals surface area contributed by atoms with Crippen molar-refractivity contribution in [2.24, 2.45) is 0 Å². The van der Waals surface area contributed by atoms with Gasteiger partial charge in [0, 0.05) is 11.4 Å².